The van der Waals surface area contributed by atoms with Gasteiger partial charge in [0.25, 0.3) is 0 Å². The molecule has 0 aromatic carbocycles. The molecule has 1 unspecified atom stereocenters. The van der Waals surface area contributed by atoms with E-state index in [9.17, 15) is 4.79 Å². The molecule has 0 heterocycles. The van der Waals surface area contributed by atoms with Crippen LogP contribution in [0.2, 0.25) is 0 Å². The lowest BCUT2D eigenvalue weighted by atomic mass is 9.98. The van der Waals surface area contributed by atoms with Crippen LogP contribution in [-0.2, 0) is 9.63 Å². The van der Waals surface area contributed by atoms with Crippen LogP contribution in [0.25, 0.3) is 0 Å². The van der Waals surface area contributed by atoms with Crippen molar-refractivity contribution in [2.75, 3.05) is 0 Å². The number of carbonyl (C=O) groups is 1. The SMILES string of the molecule is CCC(O)NOC(=O)C(C)(C)C. The molecule has 0 aromatic heterocycles. The standard InChI is InChI=1S/C8H17NO3/c1-5-6(10)9-12-7(11)8(2,3)4/h6,9-10H,5H2,1-4H3. The van der Waals surface area contributed by atoms with E-state index in [1.54, 1.807) is 27.7 Å². The van der Waals surface area contributed by atoms with E-state index >= 15 is 0 Å². The number of hydroxylamine groups is 1. The molecule has 0 rings (SSSR count). The maximum absolute atomic E-state index is 11.1. The maximum atomic E-state index is 11.1. The minimum atomic E-state index is -0.781. The van der Waals surface area contributed by atoms with Crippen molar-refractivity contribution in [3.63, 3.8) is 0 Å². The van der Waals surface area contributed by atoms with E-state index in [1.165, 1.54) is 0 Å². The summed E-state index contributed by atoms with van der Waals surface area (Å²) in [6.07, 6.45) is -0.284. The number of hydrogen-bond donors (Lipinski definition) is 2. The monoisotopic (exact) mass is 175 g/mol. The van der Waals surface area contributed by atoms with Crippen LogP contribution in [-0.4, -0.2) is 17.3 Å². The van der Waals surface area contributed by atoms with Crippen molar-refractivity contribution in [3.05, 3.63) is 0 Å². The Balaban J connectivity index is 3.73. The van der Waals surface area contributed by atoms with E-state index in [2.05, 4.69) is 10.3 Å². The molecule has 12 heavy (non-hydrogen) atoms. The van der Waals surface area contributed by atoms with Crippen LogP contribution >= 0.6 is 0 Å². The third-order valence-electron chi connectivity index (χ3n) is 1.29. The van der Waals surface area contributed by atoms with Gasteiger partial charge in [-0.05, 0) is 27.2 Å². The third-order valence-corrected chi connectivity index (χ3v) is 1.29. The Labute approximate surface area is 72.9 Å². The van der Waals surface area contributed by atoms with Gasteiger partial charge < -0.3 is 9.94 Å². The molecule has 2 N–H and O–H groups in total. The normalized spacial score (nSPS) is 14.1. The lowest BCUT2D eigenvalue weighted by Gasteiger charge is -2.17. The fraction of sp³-hybridized carbons (Fsp3) is 0.875. The highest BCUT2D eigenvalue weighted by Gasteiger charge is 2.23. The van der Waals surface area contributed by atoms with Crippen LogP contribution in [0.4, 0.5) is 0 Å². The summed E-state index contributed by atoms with van der Waals surface area (Å²) in [6.45, 7) is 7.02. The van der Waals surface area contributed by atoms with Gasteiger partial charge in [-0.2, -0.15) is 0 Å². The summed E-state index contributed by atoms with van der Waals surface area (Å²) in [4.78, 5) is 15.7. The largest absolute Gasteiger partial charge is 0.376 e. The van der Waals surface area contributed by atoms with Gasteiger partial charge in [0.1, 0.15) is 6.23 Å². The smallest absolute Gasteiger partial charge is 0.330 e. The van der Waals surface area contributed by atoms with Crippen LogP contribution in [0.15, 0.2) is 0 Å². The quantitative estimate of drug-likeness (QED) is 0.492. The molecule has 0 bridgehead atoms. The van der Waals surface area contributed by atoms with Crippen LogP contribution in [0.1, 0.15) is 34.1 Å². The highest BCUT2D eigenvalue weighted by atomic mass is 16.7. The van der Waals surface area contributed by atoms with Gasteiger partial charge in [0.05, 0.1) is 5.41 Å². The summed E-state index contributed by atoms with van der Waals surface area (Å²) in [5.74, 6) is -0.380. The predicted molar refractivity (Wildman–Crippen MR) is 45.0 cm³/mol. The molecular weight excluding hydrogens is 158 g/mol. The maximum Gasteiger partial charge on any atom is 0.330 e. The van der Waals surface area contributed by atoms with Crippen LogP contribution in [0, 0.1) is 5.41 Å². The molecule has 0 radical (unpaired) electrons. The summed E-state index contributed by atoms with van der Waals surface area (Å²) in [7, 11) is 0. The molecule has 0 saturated carbocycles. The zero-order valence-electron chi connectivity index (χ0n) is 8.05. The van der Waals surface area contributed by atoms with Crippen molar-refractivity contribution in [1.82, 2.24) is 5.48 Å². The molecule has 4 nitrogen and oxygen atoms in total. The van der Waals surface area contributed by atoms with Gasteiger partial charge in [-0.25, -0.2) is 4.79 Å². The molecule has 0 saturated heterocycles. The van der Waals surface area contributed by atoms with E-state index in [4.69, 9.17) is 5.11 Å². The van der Waals surface area contributed by atoms with Gasteiger partial charge in [0, 0.05) is 0 Å². The molecule has 0 fully saturated rings. The molecule has 0 spiro atoms. The fourth-order valence-electron chi connectivity index (χ4n) is 0.358. The Morgan fingerprint density at radius 3 is 2.42 bits per heavy atom. The van der Waals surface area contributed by atoms with Gasteiger partial charge in [0.15, 0.2) is 0 Å². The van der Waals surface area contributed by atoms with Crippen molar-refractivity contribution >= 4 is 5.97 Å². The Kier molecular flexibility index (Phi) is 4.20. The average Bonchev–Trinajstić information content (AvgIpc) is 1.97. The minimum absolute atomic E-state index is 0.380. The Hall–Kier alpha value is -0.610. The van der Waals surface area contributed by atoms with E-state index in [0.29, 0.717) is 6.42 Å². The minimum Gasteiger partial charge on any atom is -0.376 e. The summed E-state index contributed by atoms with van der Waals surface area (Å²) in [6, 6.07) is 0. The molecule has 0 amide bonds. The average molecular weight is 175 g/mol. The second-order valence-electron chi connectivity index (χ2n) is 3.68. The first-order chi connectivity index (χ1) is 5.38. The summed E-state index contributed by atoms with van der Waals surface area (Å²) in [5, 5.41) is 8.98. The van der Waals surface area contributed by atoms with Crippen molar-refractivity contribution in [2.45, 2.75) is 40.3 Å². The second kappa shape index (κ2) is 4.42. The van der Waals surface area contributed by atoms with E-state index in [-0.39, 0.29) is 5.97 Å². The van der Waals surface area contributed by atoms with Gasteiger partial charge >= 0.3 is 5.97 Å². The van der Waals surface area contributed by atoms with Crippen LogP contribution in [0.5, 0.6) is 0 Å². The van der Waals surface area contributed by atoms with Crippen LogP contribution in [0.3, 0.4) is 0 Å². The first kappa shape index (κ1) is 11.4. The number of nitrogens with one attached hydrogen (secondary N) is 1. The number of aliphatic hydroxyl groups is 1. The molecule has 0 aromatic rings. The Morgan fingerprint density at radius 1 is 1.58 bits per heavy atom. The molecule has 1 atom stereocenters. The zero-order valence-corrected chi connectivity index (χ0v) is 8.05. The molecular formula is C8H17NO3. The van der Waals surface area contributed by atoms with Gasteiger partial charge in [-0.1, -0.05) is 6.92 Å². The highest BCUT2D eigenvalue weighted by molar-refractivity contribution is 5.75. The third kappa shape index (κ3) is 4.31. The van der Waals surface area contributed by atoms with Gasteiger partial charge in [0.2, 0.25) is 0 Å². The van der Waals surface area contributed by atoms with Crippen molar-refractivity contribution in [2.24, 2.45) is 5.41 Å². The van der Waals surface area contributed by atoms with Gasteiger partial charge in [-0.3, -0.25) is 0 Å². The van der Waals surface area contributed by atoms with Crippen molar-refractivity contribution < 1.29 is 14.7 Å². The Bertz CT molecular complexity index is 151. The lowest BCUT2D eigenvalue weighted by Crippen LogP contribution is -2.35. The number of rotatable bonds is 3. The summed E-state index contributed by atoms with van der Waals surface area (Å²) >= 11 is 0. The molecule has 0 aliphatic carbocycles. The van der Waals surface area contributed by atoms with Gasteiger partial charge in [-0.15, -0.1) is 5.48 Å². The van der Waals surface area contributed by atoms with E-state index < -0.39 is 11.6 Å². The second-order valence-corrected chi connectivity index (χ2v) is 3.68. The Morgan fingerprint density at radius 2 is 2.08 bits per heavy atom. The summed E-state index contributed by atoms with van der Waals surface area (Å²) in [5.41, 5.74) is 1.70. The first-order valence-electron chi connectivity index (χ1n) is 4.02. The number of carbonyl (C=O) groups excluding carboxylic acids is 1. The number of aliphatic hydroxyl groups excluding tert-OH is 1. The van der Waals surface area contributed by atoms with E-state index in [0.717, 1.165) is 0 Å². The van der Waals surface area contributed by atoms with Crippen LogP contribution < -0.4 is 5.48 Å². The highest BCUT2D eigenvalue weighted by Crippen LogP contribution is 2.14. The zero-order chi connectivity index (χ0) is 9.78. The van der Waals surface area contributed by atoms with E-state index in [1.807, 2.05) is 0 Å². The topological polar surface area (TPSA) is 58.6 Å². The van der Waals surface area contributed by atoms with Crippen molar-refractivity contribution in [1.29, 1.82) is 0 Å². The molecule has 4 heteroatoms. The predicted octanol–water partition coefficient (Wildman–Crippen LogP) is 0.809. The molecule has 0 aliphatic heterocycles. The molecule has 0 aliphatic rings. The number of hydrogen-bond acceptors (Lipinski definition) is 4. The summed E-state index contributed by atoms with van der Waals surface area (Å²) < 4.78 is 0. The fourth-order valence-corrected chi connectivity index (χ4v) is 0.358. The first-order valence-corrected chi connectivity index (χ1v) is 4.02. The molecule has 72 valence electrons. The van der Waals surface area contributed by atoms with Crippen molar-refractivity contribution in [3.8, 4) is 0 Å². The lowest BCUT2D eigenvalue weighted by molar-refractivity contribution is -0.169.